The zero-order valence-corrected chi connectivity index (χ0v) is 10.9. The van der Waals surface area contributed by atoms with Crippen LogP contribution in [0.15, 0.2) is 29.2 Å². The highest BCUT2D eigenvalue weighted by molar-refractivity contribution is 6.02. The van der Waals surface area contributed by atoms with Gasteiger partial charge in [-0.05, 0) is 24.6 Å². The second kappa shape index (κ2) is 5.91. The number of rotatable bonds is 2. The molecule has 0 aliphatic carbocycles. The lowest BCUT2D eigenvalue weighted by Crippen LogP contribution is -2.14. The SMILES string of the molecule is Cc1ccc(NC(=O)c2c[nH]c(=O)[nH]2)cc1C#CCN. The zero-order chi connectivity index (χ0) is 14.5. The third kappa shape index (κ3) is 3.16. The maximum absolute atomic E-state index is 11.9. The normalized spacial score (nSPS) is 9.70. The van der Waals surface area contributed by atoms with Crippen molar-refractivity contribution in [3.8, 4) is 11.8 Å². The molecule has 102 valence electrons. The number of benzene rings is 1. The molecule has 1 amide bonds. The average molecular weight is 270 g/mol. The summed E-state index contributed by atoms with van der Waals surface area (Å²) in [5.41, 5.74) is 7.49. The number of amides is 1. The number of aromatic amines is 2. The van der Waals surface area contributed by atoms with Crippen LogP contribution in [0.25, 0.3) is 0 Å². The summed E-state index contributed by atoms with van der Waals surface area (Å²) in [6.07, 6.45) is 1.32. The standard InChI is InChI=1S/C14H14N4O2/c1-9-4-5-11(7-10(9)3-2-6-15)17-13(19)12-8-16-14(20)18-12/h4-5,7-8H,6,15H2,1H3,(H,17,19)(H2,16,18,20). The molecule has 0 aliphatic rings. The van der Waals surface area contributed by atoms with E-state index < -0.39 is 11.6 Å². The minimum atomic E-state index is -0.423. The number of H-pyrrole nitrogens is 2. The van der Waals surface area contributed by atoms with E-state index in [1.54, 1.807) is 12.1 Å². The lowest BCUT2D eigenvalue weighted by molar-refractivity contribution is 0.102. The van der Waals surface area contributed by atoms with Crippen molar-refractivity contribution >= 4 is 11.6 Å². The van der Waals surface area contributed by atoms with E-state index in [0.717, 1.165) is 11.1 Å². The number of carbonyl (C=O) groups is 1. The maximum Gasteiger partial charge on any atom is 0.323 e. The molecule has 0 spiro atoms. The smallest absolute Gasteiger partial charge is 0.321 e. The molecule has 0 unspecified atom stereocenters. The molecule has 0 bridgehead atoms. The summed E-state index contributed by atoms with van der Waals surface area (Å²) < 4.78 is 0. The van der Waals surface area contributed by atoms with Crippen molar-refractivity contribution < 1.29 is 4.79 Å². The van der Waals surface area contributed by atoms with E-state index in [0.29, 0.717) is 5.69 Å². The fourth-order valence-electron chi connectivity index (χ4n) is 1.63. The summed E-state index contributed by atoms with van der Waals surface area (Å²) >= 11 is 0. The van der Waals surface area contributed by atoms with Crippen LogP contribution in [0, 0.1) is 18.8 Å². The van der Waals surface area contributed by atoms with Gasteiger partial charge in [0.1, 0.15) is 5.69 Å². The zero-order valence-electron chi connectivity index (χ0n) is 10.9. The van der Waals surface area contributed by atoms with Gasteiger partial charge in [-0.25, -0.2) is 4.79 Å². The monoisotopic (exact) mass is 270 g/mol. The second-order valence-electron chi connectivity index (χ2n) is 4.15. The fraction of sp³-hybridized carbons (Fsp3) is 0.143. The predicted octanol–water partition coefficient (Wildman–Crippen LogP) is 0.574. The molecule has 2 aromatic rings. The first-order valence-electron chi connectivity index (χ1n) is 5.99. The maximum atomic E-state index is 11.9. The highest BCUT2D eigenvalue weighted by Crippen LogP contribution is 2.15. The molecular weight excluding hydrogens is 256 g/mol. The van der Waals surface area contributed by atoms with Gasteiger partial charge in [-0.1, -0.05) is 17.9 Å². The van der Waals surface area contributed by atoms with Crippen molar-refractivity contribution in [2.24, 2.45) is 5.73 Å². The number of aromatic nitrogens is 2. The predicted molar refractivity (Wildman–Crippen MR) is 76.5 cm³/mol. The van der Waals surface area contributed by atoms with Crippen molar-refractivity contribution in [1.82, 2.24) is 9.97 Å². The Balaban J connectivity index is 2.21. The molecule has 0 atom stereocenters. The number of carbonyl (C=O) groups excluding carboxylic acids is 1. The summed E-state index contributed by atoms with van der Waals surface area (Å²) in [6, 6.07) is 5.39. The first-order chi connectivity index (χ1) is 9.60. The van der Waals surface area contributed by atoms with Crippen LogP contribution in [0.5, 0.6) is 0 Å². The van der Waals surface area contributed by atoms with E-state index >= 15 is 0 Å². The van der Waals surface area contributed by atoms with Gasteiger partial charge in [0, 0.05) is 17.4 Å². The molecule has 0 aliphatic heterocycles. The first-order valence-corrected chi connectivity index (χ1v) is 5.99. The van der Waals surface area contributed by atoms with Crippen LogP contribution in [-0.2, 0) is 0 Å². The van der Waals surface area contributed by atoms with Gasteiger partial charge in [0.15, 0.2) is 0 Å². The van der Waals surface area contributed by atoms with E-state index in [2.05, 4.69) is 27.1 Å². The topological polar surface area (TPSA) is 104 Å². The van der Waals surface area contributed by atoms with Gasteiger partial charge >= 0.3 is 5.69 Å². The van der Waals surface area contributed by atoms with Crippen LogP contribution in [-0.4, -0.2) is 22.4 Å². The summed E-state index contributed by atoms with van der Waals surface area (Å²) in [6.45, 7) is 2.20. The van der Waals surface area contributed by atoms with Gasteiger partial charge in [-0.15, -0.1) is 0 Å². The van der Waals surface area contributed by atoms with Gasteiger partial charge in [0.25, 0.3) is 5.91 Å². The van der Waals surface area contributed by atoms with Gasteiger partial charge in [0.05, 0.1) is 6.54 Å². The summed E-state index contributed by atoms with van der Waals surface area (Å²) in [7, 11) is 0. The minimum absolute atomic E-state index is 0.171. The van der Waals surface area contributed by atoms with Crippen LogP contribution in [0.3, 0.4) is 0 Å². The number of nitrogens with two attached hydrogens (primary N) is 1. The van der Waals surface area contributed by atoms with Crippen LogP contribution >= 0.6 is 0 Å². The Morgan fingerprint density at radius 3 is 2.90 bits per heavy atom. The molecule has 1 aromatic carbocycles. The molecule has 0 fully saturated rings. The molecule has 1 aromatic heterocycles. The van der Waals surface area contributed by atoms with E-state index in [-0.39, 0.29) is 12.2 Å². The third-order valence-electron chi connectivity index (χ3n) is 2.66. The molecule has 0 radical (unpaired) electrons. The van der Waals surface area contributed by atoms with Gasteiger partial charge < -0.3 is 21.0 Å². The lowest BCUT2D eigenvalue weighted by Gasteiger charge is -2.06. The molecule has 6 nitrogen and oxygen atoms in total. The molecular formula is C14H14N4O2. The first kappa shape index (κ1) is 13.6. The van der Waals surface area contributed by atoms with E-state index in [1.165, 1.54) is 6.20 Å². The Morgan fingerprint density at radius 2 is 2.25 bits per heavy atom. The molecule has 20 heavy (non-hydrogen) atoms. The highest BCUT2D eigenvalue weighted by atomic mass is 16.2. The van der Waals surface area contributed by atoms with Crippen molar-refractivity contribution in [2.45, 2.75) is 6.92 Å². The number of hydrogen-bond acceptors (Lipinski definition) is 3. The van der Waals surface area contributed by atoms with E-state index in [9.17, 15) is 9.59 Å². The Hall–Kier alpha value is -2.78. The summed E-state index contributed by atoms with van der Waals surface area (Å²) in [5, 5.41) is 2.69. The molecule has 0 saturated carbocycles. The second-order valence-corrected chi connectivity index (χ2v) is 4.15. The van der Waals surface area contributed by atoms with Crippen LogP contribution in [0.1, 0.15) is 21.6 Å². The Labute approximate surface area is 115 Å². The lowest BCUT2D eigenvalue weighted by atomic mass is 10.1. The minimum Gasteiger partial charge on any atom is -0.321 e. The van der Waals surface area contributed by atoms with Crippen molar-refractivity contribution in [3.05, 3.63) is 51.7 Å². The van der Waals surface area contributed by atoms with Crippen LogP contribution in [0.2, 0.25) is 0 Å². The molecule has 0 saturated heterocycles. The highest BCUT2D eigenvalue weighted by Gasteiger charge is 2.08. The Morgan fingerprint density at radius 1 is 1.45 bits per heavy atom. The van der Waals surface area contributed by atoms with Gasteiger partial charge in [0.2, 0.25) is 0 Å². The number of anilines is 1. The Bertz CT molecular complexity index is 746. The van der Waals surface area contributed by atoms with E-state index in [4.69, 9.17) is 5.73 Å². The van der Waals surface area contributed by atoms with Gasteiger partial charge in [-0.3, -0.25) is 4.79 Å². The fourth-order valence-corrected chi connectivity index (χ4v) is 1.63. The number of aryl methyl sites for hydroxylation is 1. The largest absolute Gasteiger partial charge is 0.323 e. The molecule has 5 N–H and O–H groups in total. The number of hydrogen-bond donors (Lipinski definition) is 4. The number of nitrogens with one attached hydrogen (secondary N) is 3. The average Bonchev–Trinajstić information content (AvgIpc) is 2.86. The van der Waals surface area contributed by atoms with Crippen LogP contribution in [0.4, 0.5) is 5.69 Å². The summed E-state index contributed by atoms with van der Waals surface area (Å²) in [4.78, 5) is 27.6. The molecule has 6 heteroatoms. The number of imidazole rings is 1. The quantitative estimate of drug-likeness (QED) is 0.600. The third-order valence-corrected chi connectivity index (χ3v) is 2.66. The Kier molecular flexibility index (Phi) is 4.03. The molecule has 1 heterocycles. The van der Waals surface area contributed by atoms with Crippen molar-refractivity contribution in [3.63, 3.8) is 0 Å². The molecule has 2 rings (SSSR count). The van der Waals surface area contributed by atoms with Crippen molar-refractivity contribution in [2.75, 3.05) is 11.9 Å². The van der Waals surface area contributed by atoms with Crippen molar-refractivity contribution in [1.29, 1.82) is 0 Å². The summed E-state index contributed by atoms with van der Waals surface area (Å²) in [5.74, 6) is 5.32. The van der Waals surface area contributed by atoms with Crippen LogP contribution < -0.4 is 16.7 Å². The van der Waals surface area contributed by atoms with Gasteiger partial charge in [-0.2, -0.15) is 0 Å². The van der Waals surface area contributed by atoms with E-state index in [1.807, 2.05) is 13.0 Å².